The fourth-order valence-electron chi connectivity index (χ4n) is 4.07. The van der Waals surface area contributed by atoms with Crippen molar-refractivity contribution in [1.82, 2.24) is 19.4 Å². The lowest BCUT2D eigenvalue weighted by molar-refractivity contribution is 0.0745. The third kappa shape index (κ3) is 4.72. The summed E-state index contributed by atoms with van der Waals surface area (Å²) in [4.78, 5) is 24.6. The smallest absolute Gasteiger partial charge is 0.274 e. The number of imidazole rings is 1. The van der Waals surface area contributed by atoms with Gasteiger partial charge in [-0.2, -0.15) is 0 Å². The molecule has 0 aliphatic carbocycles. The number of fused-ring (bicyclic) bond motifs is 1. The Kier molecular flexibility index (Phi) is 6.01. The molecule has 0 atom stereocenters. The Morgan fingerprint density at radius 2 is 1.64 bits per heavy atom. The van der Waals surface area contributed by atoms with E-state index in [4.69, 9.17) is 4.98 Å². The molecule has 3 heterocycles. The molecule has 1 amide bonds. The maximum absolute atomic E-state index is 13.7. The minimum atomic E-state index is -0.00471. The number of hydrogen-bond acceptors (Lipinski definition) is 5. The van der Waals surface area contributed by atoms with Gasteiger partial charge in [0, 0.05) is 38.6 Å². The van der Waals surface area contributed by atoms with Crippen molar-refractivity contribution in [3.8, 4) is 0 Å². The summed E-state index contributed by atoms with van der Waals surface area (Å²) in [5.41, 5.74) is 3.75. The number of pyridine rings is 1. The quantitative estimate of drug-likeness (QED) is 0.456. The molecule has 0 unspecified atom stereocenters. The van der Waals surface area contributed by atoms with Gasteiger partial charge in [-0.25, -0.2) is 4.98 Å². The van der Waals surface area contributed by atoms with Gasteiger partial charge < -0.3 is 20.1 Å². The van der Waals surface area contributed by atoms with Gasteiger partial charge in [0.25, 0.3) is 5.91 Å². The maximum atomic E-state index is 13.7. The molecule has 0 bridgehead atoms. The number of nitrogens with one attached hydrogen (secondary N) is 2. The molecule has 0 saturated carbocycles. The third-order valence-electron chi connectivity index (χ3n) is 5.72. The number of benzene rings is 2. The van der Waals surface area contributed by atoms with Crippen LogP contribution in [0.2, 0.25) is 0 Å². The van der Waals surface area contributed by atoms with Crippen LogP contribution >= 0.6 is 0 Å². The van der Waals surface area contributed by atoms with Crippen molar-refractivity contribution in [2.45, 2.75) is 19.6 Å². The Morgan fingerprint density at radius 1 is 0.909 bits per heavy atom. The molecule has 7 nitrogen and oxygen atoms in total. The second-order valence-electron chi connectivity index (χ2n) is 8.03. The highest BCUT2D eigenvalue weighted by molar-refractivity contribution is 5.98. The number of rotatable bonds is 7. The number of aromatic nitrogens is 3. The lowest BCUT2D eigenvalue weighted by Gasteiger charge is -2.22. The van der Waals surface area contributed by atoms with Crippen LogP contribution in [0.5, 0.6) is 0 Å². The van der Waals surface area contributed by atoms with Gasteiger partial charge in [0.15, 0.2) is 11.5 Å². The highest BCUT2D eigenvalue weighted by Crippen LogP contribution is 2.25. The zero-order valence-corrected chi connectivity index (χ0v) is 18.3. The molecule has 0 fully saturated rings. The lowest BCUT2D eigenvalue weighted by Crippen LogP contribution is -2.33. The summed E-state index contributed by atoms with van der Waals surface area (Å²) in [6.07, 6.45) is 3.52. The molecule has 2 aromatic heterocycles. The van der Waals surface area contributed by atoms with Gasteiger partial charge in [-0.15, -0.1) is 0 Å². The molecule has 2 N–H and O–H groups in total. The standard InChI is InChI=1S/C26H26N6O/c33-26-24-25(28-14-15-31(26)18-20-8-3-1-4-9-20)30-23(17-29-22-12-7-13-27-16-22)32(24)19-21-10-5-2-6-11-21/h1-13,16,28-29H,14-15,17-19H2. The van der Waals surface area contributed by atoms with Gasteiger partial charge in [-0.3, -0.25) is 9.78 Å². The molecular weight excluding hydrogens is 412 g/mol. The summed E-state index contributed by atoms with van der Waals surface area (Å²) >= 11 is 0. The first-order chi connectivity index (χ1) is 16.3. The van der Waals surface area contributed by atoms with Crippen molar-refractivity contribution in [2.75, 3.05) is 23.7 Å². The first kappa shape index (κ1) is 20.8. The number of hydrogen-bond donors (Lipinski definition) is 2. The predicted molar refractivity (Wildman–Crippen MR) is 129 cm³/mol. The molecule has 4 aromatic rings. The Hall–Kier alpha value is -4.13. The van der Waals surface area contributed by atoms with Crippen molar-refractivity contribution in [3.63, 3.8) is 0 Å². The van der Waals surface area contributed by atoms with Crippen LogP contribution < -0.4 is 10.6 Å². The molecule has 0 radical (unpaired) electrons. The topological polar surface area (TPSA) is 75.1 Å². The number of nitrogens with zero attached hydrogens (tertiary/aromatic N) is 4. The average molecular weight is 439 g/mol. The SMILES string of the molecule is O=C1c2c(nc(CNc3cccnc3)n2Cc2ccccc2)NCCN1Cc1ccccc1. The monoisotopic (exact) mass is 438 g/mol. The van der Waals surface area contributed by atoms with Crippen LogP contribution in [-0.2, 0) is 19.6 Å². The highest BCUT2D eigenvalue weighted by Gasteiger charge is 2.29. The first-order valence-corrected chi connectivity index (χ1v) is 11.1. The number of carbonyl (C=O) groups excluding carboxylic acids is 1. The van der Waals surface area contributed by atoms with Gasteiger partial charge in [-0.1, -0.05) is 60.7 Å². The number of carbonyl (C=O) groups is 1. The normalized spacial score (nSPS) is 13.2. The lowest BCUT2D eigenvalue weighted by atomic mass is 10.2. The van der Waals surface area contributed by atoms with Crippen LogP contribution in [0.4, 0.5) is 11.5 Å². The van der Waals surface area contributed by atoms with E-state index in [9.17, 15) is 4.79 Å². The summed E-state index contributed by atoms with van der Waals surface area (Å²) in [6, 6.07) is 24.1. The summed E-state index contributed by atoms with van der Waals surface area (Å²) < 4.78 is 2.03. The summed E-state index contributed by atoms with van der Waals surface area (Å²) in [7, 11) is 0. The third-order valence-corrected chi connectivity index (χ3v) is 5.72. The van der Waals surface area contributed by atoms with Crippen LogP contribution in [0.25, 0.3) is 0 Å². The summed E-state index contributed by atoms with van der Waals surface area (Å²) in [5, 5.41) is 6.76. The van der Waals surface area contributed by atoms with E-state index in [1.54, 1.807) is 12.4 Å². The summed E-state index contributed by atoms with van der Waals surface area (Å²) in [6.45, 7) is 2.90. The fourth-order valence-corrected chi connectivity index (χ4v) is 4.07. The minimum absolute atomic E-state index is 0.00471. The number of anilines is 2. The van der Waals surface area contributed by atoms with Crippen molar-refractivity contribution in [2.24, 2.45) is 0 Å². The number of amides is 1. The molecule has 2 aromatic carbocycles. The molecule has 33 heavy (non-hydrogen) atoms. The van der Waals surface area contributed by atoms with Crippen LogP contribution in [0.15, 0.2) is 85.2 Å². The van der Waals surface area contributed by atoms with Gasteiger partial charge in [0.1, 0.15) is 5.82 Å². The van der Waals surface area contributed by atoms with Gasteiger partial charge in [0.05, 0.1) is 12.2 Å². The predicted octanol–water partition coefficient (Wildman–Crippen LogP) is 4.01. The van der Waals surface area contributed by atoms with Gasteiger partial charge in [-0.05, 0) is 23.3 Å². The Balaban J connectivity index is 1.48. The zero-order chi connectivity index (χ0) is 22.5. The van der Waals surface area contributed by atoms with Crippen molar-refractivity contribution in [3.05, 3.63) is 108 Å². The molecule has 0 spiro atoms. The van der Waals surface area contributed by atoms with Crippen LogP contribution in [0.1, 0.15) is 27.4 Å². The highest BCUT2D eigenvalue weighted by atomic mass is 16.2. The molecule has 5 rings (SSSR count). The van der Waals surface area contributed by atoms with E-state index in [1.807, 2.05) is 58.0 Å². The molecule has 0 saturated heterocycles. The molecule has 1 aliphatic rings. The fraction of sp³-hybridized carbons (Fsp3) is 0.192. The summed E-state index contributed by atoms with van der Waals surface area (Å²) in [5.74, 6) is 1.44. The van der Waals surface area contributed by atoms with Crippen LogP contribution in [0.3, 0.4) is 0 Å². The maximum Gasteiger partial charge on any atom is 0.274 e. The van der Waals surface area contributed by atoms with Crippen molar-refractivity contribution >= 4 is 17.4 Å². The van der Waals surface area contributed by atoms with E-state index in [1.165, 1.54) is 0 Å². The van der Waals surface area contributed by atoms with Crippen LogP contribution in [0, 0.1) is 0 Å². The van der Waals surface area contributed by atoms with Gasteiger partial charge in [0.2, 0.25) is 0 Å². The van der Waals surface area contributed by atoms with Gasteiger partial charge >= 0.3 is 0 Å². The second kappa shape index (κ2) is 9.56. The zero-order valence-electron chi connectivity index (χ0n) is 18.3. The van der Waals surface area contributed by atoms with E-state index in [0.29, 0.717) is 44.2 Å². The Morgan fingerprint density at radius 3 is 2.33 bits per heavy atom. The molecule has 7 heteroatoms. The largest absolute Gasteiger partial charge is 0.377 e. The average Bonchev–Trinajstić information content (AvgIpc) is 3.12. The van der Waals surface area contributed by atoms with Crippen molar-refractivity contribution < 1.29 is 4.79 Å². The van der Waals surface area contributed by atoms with Crippen LogP contribution in [-0.4, -0.2) is 38.4 Å². The van der Waals surface area contributed by atoms with E-state index in [2.05, 4.69) is 39.9 Å². The van der Waals surface area contributed by atoms with Crippen molar-refractivity contribution in [1.29, 1.82) is 0 Å². The minimum Gasteiger partial charge on any atom is -0.377 e. The molecule has 1 aliphatic heterocycles. The van der Waals surface area contributed by atoms with E-state index in [-0.39, 0.29) is 5.91 Å². The van der Waals surface area contributed by atoms with E-state index in [0.717, 1.165) is 22.6 Å². The first-order valence-electron chi connectivity index (χ1n) is 11.1. The Labute approximate surface area is 193 Å². The molecular formula is C26H26N6O. The van der Waals surface area contributed by atoms with E-state index >= 15 is 0 Å². The molecule has 166 valence electrons. The Bertz CT molecular complexity index is 1210. The second-order valence-corrected chi connectivity index (χ2v) is 8.03. The van der Waals surface area contributed by atoms with E-state index < -0.39 is 0 Å².